The highest BCUT2D eigenvalue weighted by molar-refractivity contribution is 5.96. The molecule has 0 saturated carbocycles. The van der Waals surface area contributed by atoms with E-state index in [4.69, 9.17) is 4.98 Å². The summed E-state index contributed by atoms with van der Waals surface area (Å²) in [6.45, 7) is 4.21. The van der Waals surface area contributed by atoms with Crippen LogP contribution in [0.5, 0.6) is 0 Å². The number of nitrogens with zero attached hydrogens (tertiary/aromatic N) is 5. The summed E-state index contributed by atoms with van der Waals surface area (Å²) in [6.07, 6.45) is 3.45. The van der Waals surface area contributed by atoms with E-state index in [-0.39, 0.29) is 11.5 Å². The van der Waals surface area contributed by atoms with Gasteiger partial charge in [0.2, 0.25) is 5.91 Å². The number of fused-ring (bicyclic) bond motifs is 2. The van der Waals surface area contributed by atoms with Crippen LogP contribution < -0.4 is 10.9 Å². The van der Waals surface area contributed by atoms with Crippen molar-refractivity contribution in [2.75, 3.05) is 5.32 Å². The molecule has 31 heavy (non-hydrogen) atoms. The standard InChI is InChI=1S/C22H19N7O2/c1-3-28-18-8-7-14(10-15(18)12-24-28)17-11-19(31)29-22(26-17)20(16-6-4-5-9-23-16)21(27-29)25-13(2)30/h4-12,27H,3H2,1-2H3,(H,25,30). The Kier molecular flexibility index (Phi) is 4.36. The topological polar surface area (TPSA) is 110 Å². The zero-order chi connectivity index (χ0) is 21.5. The Labute approximate surface area is 176 Å². The Morgan fingerprint density at radius 1 is 1.16 bits per heavy atom. The van der Waals surface area contributed by atoms with Gasteiger partial charge in [0.05, 0.1) is 28.7 Å². The van der Waals surface area contributed by atoms with Crippen molar-refractivity contribution in [2.24, 2.45) is 0 Å². The quantitative estimate of drug-likeness (QED) is 0.470. The molecule has 9 nitrogen and oxygen atoms in total. The van der Waals surface area contributed by atoms with E-state index in [0.29, 0.717) is 28.4 Å². The van der Waals surface area contributed by atoms with E-state index in [2.05, 4.69) is 20.5 Å². The lowest BCUT2D eigenvalue weighted by molar-refractivity contribution is -0.114. The summed E-state index contributed by atoms with van der Waals surface area (Å²) in [5.74, 6) is 0.100. The van der Waals surface area contributed by atoms with Gasteiger partial charge in [0, 0.05) is 36.7 Å². The SMILES string of the molecule is CCn1ncc2cc(-c3cc(=O)n4[nH]c(NC(C)=O)c(-c5ccccn5)c4n3)ccc21. The molecule has 0 aliphatic rings. The number of benzene rings is 1. The number of pyridine rings is 1. The minimum absolute atomic E-state index is 0.268. The van der Waals surface area contributed by atoms with E-state index in [0.717, 1.165) is 23.0 Å². The fraction of sp³-hybridized carbons (Fsp3) is 0.136. The van der Waals surface area contributed by atoms with Crippen LogP contribution >= 0.6 is 0 Å². The summed E-state index contributed by atoms with van der Waals surface area (Å²) in [4.78, 5) is 33.8. The van der Waals surface area contributed by atoms with Crippen molar-refractivity contribution in [3.63, 3.8) is 0 Å². The average molecular weight is 413 g/mol. The number of rotatable bonds is 4. The minimum atomic E-state index is -0.293. The lowest BCUT2D eigenvalue weighted by Crippen LogP contribution is -2.15. The third-order valence-corrected chi connectivity index (χ3v) is 5.08. The predicted molar refractivity (Wildman–Crippen MR) is 118 cm³/mol. The maximum atomic E-state index is 12.9. The first-order chi connectivity index (χ1) is 15.0. The molecule has 0 saturated heterocycles. The van der Waals surface area contributed by atoms with Crippen LogP contribution in [0, 0.1) is 0 Å². The molecule has 4 aromatic heterocycles. The molecule has 0 radical (unpaired) electrons. The average Bonchev–Trinajstić information content (AvgIpc) is 3.34. The first-order valence-corrected chi connectivity index (χ1v) is 9.86. The minimum Gasteiger partial charge on any atom is -0.311 e. The van der Waals surface area contributed by atoms with Gasteiger partial charge in [0.15, 0.2) is 5.65 Å². The van der Waals surface area contributed by atoms with Crippen LogP contribution in [0.15, 0.2) is 59.7 Å². The summed E-state index contributed by atoms with van der Waals surface area (Å²) in [7, 11) is 0. The summed E-state index contributed by atoms with van der Waals surface area (Å²) >= 11 is 0. The van der Waals surface area contributed by atoms with E-state index in [1.165, 1.54) is 17.5 Å². The summed E-state index contributed by atoms with van der Waals surface area (Å²) in [6, 6.07) is 12.8. The van der Waals surface area contributed by atoms with Crippen LogP contribution in [0.1, 0.15) is 13.8 Å². The number of aromatic nitrogens is 6. The molecule has 0 aliphatic carbocycles. The second-order valence-corrected chi connectivity index (χ2v) is 7.13. The number of amides is 1. The normalized spacial score (nSPS) is 11.3. The number of hydrogen-bond acceptors (Lipinski definition) is 5. The molecular weight excluding hydrogens is 394 g/mol. The summed E-state index contributed by atoms with van der Waals surface area (Å²) in [5.41, 5.74) is 3.59. The van der Waals surface area contributed by atoms with Gasteiger partial charge in [-0.25, -0.2) is 4.98 Å². The molecule has 0 spiro atoms. The Hall–Kier alpha value is -4.27. The van der Waals surface area contributed by atoms with E-state index in [9.17, 15) is 9.59 Å². The van der Waals surface area contributed by atoms with E-state index < -0.39 is 0 Å². The third kappa shape index (κ3) is 3.16. The van der Waals surface area contributed by atoms with Gasteiger partial charge in [-0.05, 0) is 31.2 Å². The van der Waals surface area contributed by atoms with Crippen molar-refractivity contribution in [3.05, 3.63) is 65.2 Å². The molecule has 5 aromatic rings. The molecule has 154 valence electrons. The first kappa shape index (κ1) is 18.7. The predicted octanol–water partition coefficient (Wildman–Crippen LogP) is 3.08. The van der Waals surface area contributed by atoms with E-state index >= 15 is 0 Å². The first-order valence-electron chi connectivity index (χ1n) is 9.86. The number of carbonyl (C=O) groups excluding carboxylic acids is 1. The van der Waals surface area contributed by atoms with Gasteiger partial charge in [-0.3, -0.25) is 24.4 Å². The molecule has 0 fully saturated rings. The molecule has 0 unspecified atom stereocenters. The van der Waals surface area contributed by atoms with E-state index in [1.54, 1.807) is 24.5 Å². The molecule has 1 aromatic carbocycles. The largest absolute Gasteiger partial charge is 0.311 e. The number of hydrogen-bond donors (Lipinski definition) is 2. The van der Waals surface area contributed by atoms with E-state index in [1.807, 2.05) is 35.9 Å². The van der Waals surface area contributed by atoms with Crippen molar-refractivity contribution in [1.29, 1.82) is 0 Å². The highest BCUT2D eigenvalue weighted by atomic mass is 16.1. The van der Waals surface area contributed by atoms with Crippen LogP contribution in [-0.4, -0.2) is 35.3 Å². The Morgan fingerprint density at radius 2 is 2.03 bits per heavy atom. The van der Waals surface area contributed by atoms with Gasteiger partial charge in [0.1, 0.15) is 5.82 Å². The molecule has 4 heterocycles. The van der Waals surface area contributed by atoms with Gasteiger partial charge in [-0.1, -0.05) is 12.1 Å². The Bertz CT molecular complexity index is 1500. The van der Waals surface area contributed by atoms with Crippen molar-refractivity contribution in [1.82, 2.24) is 29.4 Å². The maximum absolute atomic E-state index is 12.9. The van der Waals surface area contributed by atoms with Gasteiger partial charge in [-0.2, -0.15) is 9.61 Å². The zero-order valence-corrected chi connectivity index (χ0v) is 17.0. The van der Waals surface area contributed by atoms with Crippen LogP contribution in [0.4, 0.5) is 5.82 Å². The fourth-order valence-electron chi connectivity index (χ4n) is 3.70. The lowest BCUT2D eigenvalue weighted by atomic mass is 10.1. The number of carbonyl (C=O) groups is 1. The monoisotopic (exact) mass is 413 g/mol. The molecule has 0 aliphatic heterocycles. The van der Waals surface area contributed by atoms with Crippen molar-refractivity contribution >= 4 is 28.3 Å². The number of aryl methyl sites for hydroxylation is 1. The molecule has 0 bridgehead atoms. The number of anilines is 1. The second-order valence-electron chi connectivity index (χ2n) is 7.13. The summed E-state index contributed by atoms with van der Waals surface area (Å²) in [5, 5.41) is 11.0. The highest BCUT2D eigenvalue weighted by Crippen LogP contribution is 2.30. The van der Waals surface area contributed by atoms with Crippen LogP contribution in [-0.2, 0) is 11.3 Å². The van der Waals surface area contributed by atoms with Crippen molar-refractivity contribution < 1.29 is 4.79 Å². The Morgan fingerprint density at radius 3 is 2.77 bits per heavy atom. The van der Waals surface area contributed by atoms with Gasteiger partial charge in [-0.15, -0.1) is 0 Å². The molecule has 9 heteroatoms. The number of nitrogens with one attached hydrogen (secondary N) is 2. The third-order valence-electron chi connectivity index (χ3n) is 5.08. The van der Waals surface area contributed by atoms with Gasteiger partial charge >= 0.3 is 0 Å². The van der Waals surface area contributed by atoms with Crippen molar-refractivity contribution in [3.8, 4) is 22.5 Å². The van der Waals surface area contributed by atoms with Crippen LogP contribution in [0.25, 0.3) is 39.1 Å². The second kappa shape index (κ2) is 7.21. The Balaban J connectivity index is 1.75. The smallest absolute Gasteiger partial charge is 0.273 e. The number of H-pyrrole nitrogens is 1. The number of aromatic amines is 1. The van der Waals surface area contributed by atoms with Crippen LogP contribution in [0.3, 0.4) is 0 Å². The maximum Gasteiger partial charge on any atom is 0.273 e. The molecule has 2 N–H and O–H groups in total. The molecule has 5 rings (SSSR count). The van der Waals surface area contributed by atoms with Crippen LogP contribution in [0.2, 0.25) is 0 Å². The van der Waals surface area contributed by atoms with Gasteiger partial charge < -0.3 is 5.32 Å². The lowest BCUT2D eigenvalue weighted by Gasteiger charge is -2.05. The molecular formula is C22H19N7O2. The summed E-state index contributed by atoms with van der Waals surface area (Å²) < 4.78 is 3.22. The van der Waals surface area contributed by atoms with Gasteiger partial charge in [0.25, 0.3) is 5.56 Å². The fourth-order valence-corrected chi connectivity index (χ4v) is 3.70. The van der Waals surface area contributed by atoms with Crippen molar-refractivity contribution in [2.45, 2.75) is 20.4 Å². The molecule has 0 atom stereocenters. The highest BCUT2D eigenvalue weighted by Gasteiger charge is 2.19. The molecule has 1 amide bonds. The zero-order valence-electron chi connectivity index (χ0n) is 17.0.